The van der Waals surface area contributed by atoms with Crippen LogP contribution in [0.3, 0.4) is 0 Å². The van der Waals surface area contributed by atoms with Crippen molar-refractivity contribution in [2.75, 3.05) is 13.2 Å². The van der Waals surface area contributed by atoms with Gasteiger partial charge in [-0.1, -0.05) is 346 Å². The second-order valence-electron chi connectivity index (χ2n) is 24.9. The molecule has 81 heavy (non-hydrogen) atoms. The topological polar surface area (TPSA) is 78.9 Å². The molecular formula is C75H140O6. The SMILES string of the molecule is CCCCCCC/C=C\C/C=C\CCCCCCCCCCCCCCCCCCCCCCCC(=O)OCC(COC(=O)CCCCCCCCCCC)OC(=O)CCCCCCCCCCC/C=C\CCCCCCCCCC. The van der Waals surface area contributed by atoms with Crippen LogP contribution in [0.15, 0.2) is 36.5 Å². The van der Waals surface area contributed by atoms with Crippen LogP contribution in [-0.4, -0.2) is 37.2 Å². The van der Waals surface area contributed by atoms with E-state index in [1.807, 2.05) is 0 Å². The number of carbonyl (C=O) groups excluding carboxylic acids is 3. The van der Waals surface area contributed by atoms with E-state index in [1.54, 1.807) is 0 Å². The Hall–Kier alpha value is -2.37. The lowest BCUT2D eigenvalue weighted by atomic mass is 10.0. The van der Waals surface area contributed by atoms with Gasteiger partial charge in [-0.05, 0) is 77.0 Å². The van der Waals surface area contributed by atoms with Crippen LogP contribution in [0.4, 0.5) is 0 Å². The number of esters is 3. The third-order valence-electron chi connectivity index (χ3n) is 16.6. The summed E-state index contributed by atoms with van der Waals surface area (Å²) >= 11 is 0. The summed E-state index contributed by atoms with van der Waals surface area (Å²) in [6.07, 6.45) is 87.8. The Labute approximate surface area is 506 Å². The molecule has 0 aromatic carbocycles. The van der Waals surface area contributed by atoms with E-state index in [9.17, 15) is 14.4 Å². The zero-order valence-electron chi connectivity index (χ0n) is 54.8. The Bertz CT molecular complexity index is 1350. The van der Waals surface area contributed by atoms with Gasteiger partial charge in [0.1, 0.15) is 13.2 Å². The summed E-state index contributed by atoms with van der Waals surface area (Å²) in [5.41, 5.74) is 0. The molecule has 476 valence electrons. The second kappa shape index (κ2) is 70.1. The Morgan fingerprint density at radius 2 is 0.444 bits per heavy atom. The van der Waals surface area contributed by atoms with E-state index in [1.165, 1.54) is 302 Å². The fourth-order valence-corrected chi connectivity index (χ4v) is 11.1. The van der Waals surface area contributed by atoms with Crippen molar-refractivity contribution in [3.63, 3.8) is 0 Å². The van der Waals surface area contributed by atoms with Crippen LogP contribution in [0.5, 0.6) is 0 Å². The Balaban J connectivity index is 4.04. The first kappa shape index (κ1) is 78.6. The summed E-state index contributed by atoms with van der Waals surface area (Å²) in [5, 5.41) is 0. The standard InChI is InChI=1S/C75H140O6/c1-4-7-10-13-16-19-21-23-25-27-29-31-32-33-34-35-36-37-38-39-40-41-42-44-45-47-49-51-53-56-59-62-65-68-74(77)80-71-72(70-79-73(76)67-64-61-58-55-18-15-12-9-6-3)81-75(78)69-66-63-60-57-54-52-50-48-46-43-30-28-26-24-22-20-17-14-11-8-5-2/h21,23,27-30,72H,4-20,22,24-26,31-71H2,1-3H3/b23-21-,29-27-,30-28-. The monoisotopic (exact) mass is 1140 g/mol. The van der Waals surface area contributed by atoms with Crippen LogP contribution in [0.2, 0.25) is 0 Å². The maximum atomic E-state index is 12.9. The van der Waals surface area contributed by atoms with Gasteiger partial charge in [-0.3, -0.25) is 14.4 Å². The van der Waals surface area contributed by atoms with Crippen LogP contribution in [-0.2, 0) is 28.6 Å². The van der Waals surface area contributed by atoms with Crippen molar-refractivity contribution in [1.29, 1.82) is 0 Å². The normalized spacial score (nSPS) is 12.2. The summed E-state index contributed by atoms with van der Waals surface area (Å²) in [4.78, 5) is 38.3. The van der Waals surface area contributed by atoms with Gasteiger partial charge < -0.3 is 14.2 Å². The predicted molar refractivity (Wildman–Crippen MR) is 353 cm³/mol. The van der Waals surface area contributed by atoms with Gasteiger partial charge in [0, 0.05) is 19.3 Å². The molecule has 0 spiro atoms. The highest BCUT2D eigenvalue weighted by atomic mass is 16.6. The molecule has 1 atom stereocenters. The fraction of sp³-hybridized carbons (Fsp3) is 0.880. The van der Waals surface area contributed by atoms with Crippen molar-refractivity contribution in [2.45, 2.75) is 412 Å². The third-order valence-corrected chi connectivity index (χ3v) is 16.6. The van der Waals surface area contributed by atoms with Gasteiger partial charge in [0.15, 0.2) is 6.10 Å². The molecule has 1 unspecified atom stereocenters. The average Bonchev–Trinajstić information content (AvgIpc) is 3.47. The van der Waals surface area contributed by atoms with Gasteiger partial charge in [-0.2, -0.15) is 0 Å². The van der Waals surface area contributed by atoms with Gasteiger partial charge in [0.25, 0.3) is 0 Å². The highest BCUT2D eigenvalue weighted by Gasteiger charge is 2.19. The number of carbonyl (C=O) groups is 3. The lowest BCUT2D eigenvalue weighted by Gasteiger charge is -2.18. The quantitative estimate of drug-likeness (QED) is 0.0261. The Kier molecular flexibility index (Phi) is 68.1. The van der Waals surface area contributed by atoms with Crippen molar-refractivity contribution in [3.8, 4) is 0 Å². The van der Waals surface area contributed by atoms with Gasteiger partial charge in [0.05, 0.1) is 0 Å². The molecule has 6 heteroatoms. The number of rotatable bonds is 68. The molecule has 0 rings (SSSR count). The summed E-state index contributed by atoms with van der Waals surface area (Å²) in [6.45, 7) is 6.68. The van der Waals surface area contributed by atoms with Crippen LogP contribution in [0, 0.1) is 0 Å². The number of allylic oxidation sites excluding steroid dienone is 6. The molecule has 0 aliphatic heterocycles. The largest absolute Gasteiger partial charge is 0.462 e. The van der Waals surface area contributed by atoms with Crippen molar-refractivity contribution in [2.24, 2.45) is 0 Å². The van der Waals surface area contributed by atoms with E-state index in [4.69, 9.17) is 14.2 Å². The molecule has 0 fully saturated rings. The Morgan fingerprint density at radius 3 is 0.691 bits per heavy atom. The molecule has 0 saturated carbocycles. The minimum absolute atomic E-state index is 0.0668. The Morgan fingerprint density at radius 1 is 0.247 bits per heavy atom. The molecule has 0 radical (unpaired) electrons. The molecule has 0 aromatic rings. The molecule has 0 aromatic heterocycles. The molecule has 0 amide bonds. The lowest BCUT2D eigenvalue weighted by molar-refractivity contribution is -0.167. The van der Waals surface area contributed by atoms with Gasteiger partial charge in [-0.15, -0.1) is 0 Å². The highest BCUT2D eigenvalue weighted by Crippen LogP contribution is 2.19. The van der Waals surface area contributed by atoms with Crippen LogP contribution in [0.25, 0.3) is 0 Å². The first-order valence-corrected chi connectivity index (χ1v) is 36.5. The molecule has 6 nitrogen and oxygen atoms in total. The van der Waals surface area contributed by atoms with Crippen LogP contribution < -0.4 is 0 Å². The summed E-state index contributed by atoms with van der Waals surface area (Å²) in [5.74, 6) is -0.843. The second-order valence-corrected chi connectivity index (χ2v) is 24.9. The van der Waals surface area contributed by atoms with Crippen LogP contribution in [0.1, 0.15) is 406 Å². The van der Waals surface area contributed by atoms with E-state index in [0.717, 1.165) is 64.2 Å². The smallest absolute Gasteiger partial charge is 0.306 e. The van der Waals surface area contributed by atoms with E-state index in [2.05, 4.69) is 57.2 Å². The maximum absolute atomic E-state index is 12.9. The minimum atomic E-state index is -0.769. The zero-order chi connectivity index (χ0) is 58.5. The summed E-state index contributed by atoms with van der Waals surface area (Å²) in [7, 11) is 0. The van der Waals surface area contributed by atoms with Crippen molar-refractivity contribution < 1.29 is 28.6 Å². The van der Waals surface area contributed by atoms with E-state index in [-0.39, 0.29) is 31.1 Å². The summed E-state index contributed by atoms with van der Waals surface area (Å²) in [6, 6.07) is 0. The first-order chi connectivity index (χ1) is 40.0. The fourth-order valence-electron chi connectivity index (χ4n) is 11.1. The van der Waals surface area contributed by atoms with Crippen molar-refractivity contribution in [3.05, 3.63) is 36.5 Å². The average molecular weight is 1140 g/mol. The van der Waals surface area contributed by atoms with Crippen molar-refractivity contribution in [1.82, 2.24) is 0 Å². The zero-order valence-corrected chi connectivity index (χ0v) is 54.8. The number of hydrogen-bond acceptors (Lipinski definition) is 6. The molecule has 0 aliphatic carbocycles. The molecule has 0 aliphatic rings. The van der Waals surface area contributed by atoms with E-state index < -0.39 is 6.10 Å². The van der Waals surface area contributed by atoms with E-state index in [0.29, 0.717) is 19.3 Å². The third kappa shape index (κ3) is 68.3. The minimum Gasteiger partial charge on any atom is -0.462 e. The molecule has 0 N–H and O–H groups in total. The van der Waals surface area contributed by atoms with Crippen molar-refractivity contribution >= 4 is 17.9 Å². The van der Waals surface area contributed by atoms with E-state index >= 15 is 0 Å². The number of ether oxygens (including phenoxy) is 3. The highest BCUT2D eigenvalue weighted by molar-refractivity contribution is 5.71. The van der Waals surface area contributed by atoms with Gasteiger partial charge >= 0.3 is 17.9 Å². The predicted octanol–water partition coefficient (Wildman–Crippen LogP) is 25.1. The lowest BCUT2D eigenvalue weighted by Crippen LogP contribution is -2.30. The molecular weight excluding hydrogens is 997 g/mol. The first-order valence-electron chi connectivity index (χ1n) is 36.5. The van der Waals surface area contributed by atoms with Gasteiger partial charge in [0.2, 0.25) is 0 Å². The van der Waals surface area contributed by atoms with Crippen LogP contribution >= 0.6 is 0 Å². The number of unbranched alkanes of at least 4 members (excludes halogenated alkanes) is 51. The maximum Gasteiger partial charge on any atom is 0.306 e. The molecule has 0 bridgehead atoms. The molecule has 0 saturated heterocycles. The van der Waals surface area contributed by atoms with Gasteiger partial charge in [-0.25, -0.2) is 0 Å². The summed E-state index contributed by atoms with van der Waals surface area (Å²) < 4.78 is 16.9. The molecule has 0 heterocycles. The number of hydrogen-bond donors (Lipinski definition) is 0.